The molecule has 2 aromatic heterocycles. The Kier molecular flexibility index (Phi) is 3.54. The van der Waals surface area contributed by atoms with Gasteiger partial charge in [-0.15, -0.1) is 0 Å². The molecule has 1 N–H and O–H groups in total. The molecule has 1 aliphatic carbocycles. The molecule has 0 bridgehead atoms. The smallest absolute Gasteiger partial charge is 0.335 e. The van der Waals surface area contributed by atoms with E-state index in [9.17, 15) is 9.59 Å². The molecule has 2 aliphatic rings. The summed E-state index contributed by atoms with van der Waals surface area (Å²) in [6, 6.07) is 3.15. The number of imidazole rings is 1. The summed E-state index contributed by atoms with van der Waals surface area (Å²) in [6.07, 6.45) is 5.24. The number of benzene rings is 1. The van der Waals surface area contributed by atoms with Gasteiger partial charge in [0.2, 0.25) is 0 Å². The zero-order valence-electron chi connectivity index (χ0n) is 15.4. The number of hydrogen-bond donors (Lipinski definition) is 1. The third-order valence-corrected chi connectivity index (χ3v) is 5.95. The maximum atomic E-state index is 13.0. The minimum Gasteiger partial charge on any atom is -0.422 e. The van der Waals surface area contributed by atoms with Crippen LogP contribution in [0, 0.1) is 19.8 Å². The van der Waals surface area contributed by atoms with Crippen molar-refractivity contribution in [1.29, 1.82) is 0 Å². The molecule has 140 valence electrons. The highest BCUT2D eigenvalue weighted by Crippen LogP contribution is 2.45. The van der Waals surface area contributed by atoms with Crippen molar-refractivity contribution < 1.29 is 14.1 Å². The van der Waals surface area contributed by atoms with E-state index in [4.69, 9.17) is 9.26 Å². The summed E-state index contributed by atoms with van der Waals surface area (Å²) in [4.78, 5) is 28.6. The van der Waals surface area contributed by atoms with E-state index in [1.165, 1.54) is 6.42 Å². The molecule has 1 aliphatic heterocycles. The lowest BCUT2D eigenvalue weighted by atomic mass is 9.83. The van der Waals surface area contributed by atoms with Crippen molar-refractivity contribution in [2.24, 2.45) is 5.92 Å². The van der Waals surface area contributed by atoms with Crippen LogP contribution in [0.2, 0.25) is 0 Å². The number of hydrogen-bond acceptors (Lipinski definition) is 5. The number of carbonyl (C=O) groups is 1. The third-order valence-electron chi connectivity index (χ3n) is 5.95. The quantitative estimate of drug-likeness (QED) is 0.552. The van der Waals surface area contributed by atoms with Crippen LogP contribution in [0.1, 0.15) is 49.6 Å². The molecule has 5 rings (SSSR count). The Bertz CT molecular complexity index is 1090. The Morgan fingerprint density at radius 2 is 1.93 bits per heavy atom. The van der Waals surface area contributed by atoms with Crippen molar-refractivity contribution >= 4 is 17.0 Å². The van der Waals surface area contributed by atoms with Gasteiger partial charge in [0.15, 0.2) is 5.75 Å². The fourth-order valence-corrected chi connectivity index (χ4v) is 4.74. The average Bonchev–Trinajstić information content (AvgIpc) is 3.17. The number of aryl methyl sites for hydroxylation is 2. The monoisotopic (exact) mass is 367 g/mol. The molecule has 27 heavy (non-hydrogen) atoms. The second-order valence-corrected chi connectivity index (χ2v) is 7.60. The maximum absolute atomic E-state index is 13.0. The highest BCUT2D eigenvalue weighted by atomic mass is 16.5. The molecule has 7 nitrogen and oxygen atoms in total. The van der Waals surface area contributed by atoms with Gasteiger partial charge in [-0.2, -0.15) is 0 Å². The summed E-state index contributed by atoms with van der Waals surface area (Å²) in [7, 11) is 0. The van der Waals surface area contributed by atoms with Crippen LogP contribution in [0.25, 0.3) is 22.2 Å². The van der Waals surface area contributed by atoms with Crippen molar-refractivity contribution in [2.75, 3.05) is 0 Å². The molecule has 1 aromatic carbocycles. The van der Waals surface area contributed by atoms with Crippen LogP contribution in [-0.2, 0) is 4.79 Å². The zero-order chi connectivity index (χ0) is 18.7. The van der Waals surface area contributed by atoms with Crippen LogP contribution < -0.4 is 10.4 Å². The number of rotatable bonds is 2. The van der Waals surface area contributed by atoms with Gasteiger partial charge in [0.1, 0.15) is 17.3 Å². The second kappa shape index (κ2) is 5.84. The fourth-order valence-electron chi connectivity index (χ4n) is 4.74. The van der Waals surface area contributed by atoms with Gasteiger partial charge in [0.25, 0.3) is 0 Å². The average molecular weight is 367 g/mol. The summed E-state index contributed by atoms with van der Waals surface area (Å²) in [6.45, 7) is 3.67. The highest BCUT2D eigenvalue weighted by Gasteiger charge is 2.40. The van der Waals surface area contributed by atoms with Crippen LogP contribution in [0.4, 0.5) is 0 Å². The Hall–Kier alpha value is -2.83. The normalized spacial score (nSPS) is 20.2. The summed E-state index contributed by atoms with van der Waals surface area (Å²) >= 11 is 0. The number of esters is 1. The lowest BCUT2D eigenvalue weighted by Gasteiger charge is -2.32. The summed E-state index contributed by atoms with van der Waals surface area (Å²) in [5.74, 6) is 0.853. The molecule has 1 saturated carbocycles. The number of nitrogens with zero attached hydrogens (tertiary/aromatic N) is 2. The van der Waals surface area contributed by atoms with Crippen molar-refractivity contribution in [3.63, 3.8) is 0 Å². The Labute approximate surface area is 155 Å². The molecule has 1 fully saturated rings. The topological polar surface area (TPSA) is 90.1 Å². The molecule has 7 heteroatoms. The molecule has 3 heterocycles. The van der Waals surface area contributed by atoms with E-state index in [0.717, 1.165) is 42.5 Å². The van der Waals surface area contributed by atoms with E-state index < -0.39 is 6.04 Å². The molecule has 0 amide bonds. The first-order chi connectivity index (χ1) is 13.1. The maximum Gasteiger partial charge on any atom is 0.335 e. The molecular formula is C20H21N3O4. The van der Waals surface area contributed by atoms with Crippen LogP contribution in [0.15, 0.2) is 21.5 Å². The van der Waals surface area contributed by atoms with Gasteiger partial charge < -0.3 is 14.2 Å². The summed E-state index contributed by atoms with van der Waals surface area (Å²) in [5, 5.41) is 4.01. The number of aromatic nitrogens is 3. The molecule has 0 spiro atoms. The summed E-state index contributed by atoms with van der Waals surface area (Å²) in [5.41, 5.74) is 3.33. The van der Waals surface area contributed by atoms with E-state index in [2.05, 4.69) is 10.1 Å². The van der Waals surface area contributed by atoms with E-state index in [1.807, 2.05) is 26.0 Å². The lowest BCUT2D eigenvalue weighted by Crippen LogP contribution is -2.39. The van der Waals surface area contributed by atoms with E-state index in [-0.39, 0.29) is 17.6 Å². The first kappa shape index (κ1) is 16.4. The molecule has 0 radical (unpaired) electrons. The van der Waals surface area contributed by atoms with Crippen molar-refractivity contribution in [1.82, 2.24) is 14.7 Å². The standard InChI is InChI=1S/C20H21N3O4/c1-10-15(11(2)27-22-10)13-8-9-14-17-18(13)26-19(24)16(23(17)20(25)21-14)12-6-4-3-5-7-12/h8-9,12,16H,3-7H2,1-2H3,(H,21,25). The van der Waals surface area contributed by atoms with Gasteiger partial charge in [-0.25, -0.2) is 9.59 Å². The Morgan fingerprint density at radius 1 is 1.15 bits per heavy atom. The van der Waals surface area contributed by atoms with Gasteiger partial charge in [0, 0.05) is 5.56 Å². The first-order valence-corrected chi connectivity index (χ1v) is 9.48. The van der Waals surface area contributed by atoms with Gasteiger partial charge >= 0.3 is 11.7 Å². The van der Waals surface area contributed by atoms with Crippen molar-refractivity contribution in [3.05, 3.63) is 34.1 Å². The number of nitrogens with one attached hydrogen (secondary N) is 1. The zero-order valence-corrected chi connectivity index (χ0v) is 15.4. The number of ether oxygens (including phenoxy) is 1. The van der Waals surface area contributed by atoms with E-state index in [1.54, 1.807) is 4.57 Å². The first-order valence-electron chi connectivity index (χ1n) is 9.48. The largest absolute Gasteiger partial charge is 0.422 e. The number of aromatic amines is 1. The lowest BCUT2D eigenvalue weighted by molar-refractivity contribution is -0.141. The molecule has 3 aromatic rings. The van der Waals surface area contributed by atoms with Crippen molar-refractivity contribution in [2.45, 2.75) is 52.0 Å². The molecule has 1 atom stereocenters. The van der Waals surface area contributed by atoms with Gasteiger partial charge in [-0.05, 0) is 44.7 Å². The predicted octanol–water partition coefficient (Wildman–Crippen LogP) is 3.64. The number of carbonyl (C=O) groups excluding carboxylic acids is 1. The number of H-pyrrole nitrogens is 1. The molecular weight excluding hydrogens is 346 g/mol. The van der Waals surface area contributed by atoms with Gasteiger partial charge in [-0.1, -0.05) is 24.4 Å². The van der Waals surface area contributed by atoms with E-state index in [0.29, 0.717) is 22.5 Å². The predicted molar refractivity (Wildman–Crippen MR) is 98.8 cm³/mol. The minimum absolute atomic E-state index is 0.138. The third kappa shape index (κ3) is 2.30. The molecule has 0 saturated heterocycles. The van der Waals surface area contributed by atoms with Crippen molar-refractivity contribution in [3.8, 4) is 16.9 Å². The van der Waals surface area contributed by atoms with Gasteiger partial charge in [0.05, 0.1) is 16.8 Å². The molecule has 1 unspecified atom stereocenters. The van der Waals surface area contributed by atoms with E-state index >= 15 is 0 Å². The summed E-state index contributed by atoms with van der Waals surface area (Å²) < 4.78 is 12.8. The highest BCUT2D eigenvalue weighted by molar-refractivity contribution is 5.97. The van der Waals surface area contributed by atoms with Crippen LogP contribution in [0.3, 0.4) is 0 Å². The van der Waals surface area contributed by atoms with Crippen LogP contribution in [0.5, 0.6) is 5.75 Å². The Morgan fingerprint density at radius 3 is 2.63 bits per heavy atom. The van der Waals surface area contributed by atoms with Gasteiger partial charge in [-0.3, -0.25) is 4.57 Å². The SMILES string of the molecule is Cc1noc(C)c1-c1ccc2[nH]c(=O)n3c2c1OC(=O)C3C1CCCCC1. The second-order valence-electron chi connectivity index (χ2n) is 7.60. The Balaban J connectivity index is 1.77. The fraction of sp³-hybridized carbons (Fsp3) is 0.450. The minimum atomic E-state index is -0.557. The van der Waals surface area contributed by atoms with Crippen LogP contribution >= 0.6 is 0 Å². The van der Waals surface area contributed by atoms with Crippen LogP contribution in [-0.4, -0.2) is 20.7 Å².